The van der Waals surface area contributed by atoms with Gasteiger partial charge in [-0.1, -0.05) is 17.7 Å². The Bertz CT molecular complexity index is 917. The molecule has 1 N–H and O–H groups in total. The van der Waals surface area contributed by atoms with Crippen LogP contribution in [0.2, 0.25) is 5.02 Å². The number of halogens is 4. The van der Waals surface area contributed by atoms with E-state index < -0.39 is 0 Å². The normalized spacial score (nSPS) is 10.9. The Balaban J connectivity index is 1.79. The van der Waals surface area contributed by atoms with Gasteiger partial charge in [0.1, 0.15) is 5.82 Å². The van der Waals surface area contributed by atoms with Gasteiger partial charge in [-0.2, -0.15) is 5.10 Å². The van der Waals surface area contributed by atoms with Crippen LogP contribution in [-0.4, -0.2) is 15.7 Å². The molecule has 130 valence electrons. The van der Waals surface area contributed by atoms with Crippen molar-refractivity contribution in [2.24, 2.45) is 0 Å². The van der Waals surface area contributed by atoms with Gasteiger partial charge in [-0.15, -0.1) is 11.3 Å². The van der Waals surface area contributed by atoms with Crippen LogP contribution in [0.3, 0.4) is 0 Å². The second kappa shape index (κ2) is 7.57. The number of nitrogens with one attached hydrogen (secondary N) is 1. The van der Waals surface area contributed by atoms with E-state index in [1.54, 1.807) is 28.9 Å². The summed E-state index contributed by atoms with van der Waals surface area (Å²) in [6, 6.07) is 8.00. The Labute approximate surface area is 169 Å². The molecule has 9 heteroatoms. The maximum absolute atomic E-state index is 13.9. The molecule has 3 rings (SSSR count). The van der Waals surface area contributed by atoms with Crippen molar-refractivity contribution in [2.45, 2.75) is 13.5 Å². The summed E-state index contributed by atoms with van der Waals surface area (Å²) >= 11 is 14.1. The Morgan fingerprint density at radius 3 is 2.80 bits per heavy atom. The number of hydrogen-bond donors (Lipinski definition) is 1. The average Bonchev–Trinajstić information content (AvgIpc) is 3.06. The van der Waals surface area contributed by atoms with Gasteiger partial charge in [0.05, 0.1) is 15.2 Å². The highest BCUT2D eigenvalue weighted by atomic mass is 79.9. The third-order valence-corrected chi connectivity index (χ3v) is 7.07. The van der Waals surface area contributed by atoms with Gasteiger partial charge in [0, 0.05) is 26.8 Å². The van der Waals surface area contributed by atoms with E-state index in [-0.39, 0.29) is 18.3 Å². The van der Waals surface area contributed by atoms with Crippen LogP contribution in [0.5, 0.6) is 0 Å². The molecule has 3 aromatic rings. The maximum atomic E-state index is 13.9. The monoisotopic (exact) mass is 505 g/mol. The standard InChI is InChI=1S/C16H11Br2ClFN3OS/c1-8-5-14(21-16(24)13-6-10(17)15(18)25-13)22-23(8)7-9-11(19)3-2-4-12(9)20/h2-6H,7H2,1H3,(H,21,22,24). The van der Waals surface area contributed by atoms with Gasteiger partial charge in [-0.25, -0.2) is 4.39 Å². The van der Waals surface area contributed by atoms with Crippen LogP contribution in [0.1, 0.15) is 20.9 Å². The number of aryl methyl sites for hydroxylation is 1. The summed E-state index contributed by atoms with van der Waals surface area (Å²) in [6.07, 6.45) is 0. The molecule has 1 amide bonds. The first-order chi connectivity index (χ1) is 11.8. The molecule has 0 fully saturated rings. The van der Waals surface area contributed by atoms with Crippen LogP contribution >= 0.6 is 54.8 Å². The third kappa shape index (κ3) is 4.13. The van der Waals surface area contributed by atoms with E-state index in [1.165, 1.54) is 17.4 Å². The molecule has 1 aromatic carbocycles. The van der Waals surface area contributed by atoms with E-state index in [9.17, 15) is 9.18 Å². The predicted molar refractivity (Wildman–Crippen MR) is 105 cm³/mol. The maximum Gasteiger partial charge on any atom is 0.267 e. The number of aromatic nitrogens is 2. The van der Waals surface area contributed by atoms with Crippen molar-refractivity contribution in [1.29, 1.82) is 0 Å². The van der Waals surface area contributed by atoms with Crippen molar-refractivity contribution in [3.8, 4) is 0 Å². The fourth-order valence-electron chi connectivity index (χ4n) is 2.20. The molecule has 4 nitrogen and oxygen atoms in total. The van der Waals surface area contributed by atoms with Gasteiger partial charge in [0.2, 0.25) is 0 Å². The summed E-state index contributed by atoms with van der Waals surface area (Å²) < 4.78 is 17.2. The Kier molecular flexibility index (Phi) is 5.62. The van der Waals surface area contributed by atoms with E-state index in [0.29, 0.717) is 21.3 Å². The van der Waals surface area contributed by atoms with Crippen LogP contribution in [0, 0.1) is 12.7 Å². The van der Waals surface area contributed by atoms with Crippen LogP contribution < -0.4 is 5.32 Å². The highest BCUT2D eigenvalue weighted by molar-refractivity contribution is 9.13. The van der Waals surface area contributed by atoms with Gasteiger partial charge in [0.25, 0.3) is 5.91 Å². The minimum atomic E-state index is -0.388. The largest absolute Gasteiger partial charge is 0.304 e. The summed E-state index contributed by atoms with van der Waals surface area (Å²) in [6.45, 7) is 2.01. The minimum absolute atomic E-state index is 0.184. The quantitative estimate of drug-likeness (QED) is 0.480. The molecule has 25 heavy (non-hydrogen) atoms. The minimum Gasteiger partial charge on any atom is -0.304 e. The first-order valence-electron chi connectivity index (χ1n) is 7.08. The Hall–Kier alpha value is -1.22. The van der Waals surface area contributed by atoms with Gasteiger partial charge < -0.3 is 5.32 Å². The van der Waals surface area contributed by atoms with E-state index in [2.05, 4.69) is 42.3 Å². The second-order valence-corrected chi connectivity index (χ2v) is 8.85. The third-order valence-electron chi connectivity index (χ3n) is 3.46. The van der Waals surface area contributed by atoms with Crippen molar-refractivity contribution in [2.75, 3.05) is 5.32 Å². The highest BCUT2D eigenvalue weighted by Crippen LogP contribution is 2.32. The zero-order chi connectivity index (χ0) is 18.1. The van der Waals surface area contributed by atoms with Crippen molar-refractivity contribution in [1.82, 2.24) is 9.78 Å². The second-order valence-electron chi connectivity index (χ2n) is 5.22. The molecule has 0 aliphatic heterocycles. The molecule has 2 heterocycles. The van der Waals surface area contributed by atoms with E-state index in [4.69, 9.17) is 11.6 Å². The summed E-state index contributed by atoms with van der Waals surface area (Å²) in [7, 11) is 0. The lowest BCUT2D eigenvalue weighted by Gasteiger charge is -2.07. The predicted octanol–water partition coefficient (Wildman–Crippen LogP) is 5.87. The number of thiophene rings is 1. The molecule has 0 saturated carbocycles. The summed E-state index contributed by atoms with van der Waals surface area (Å²) in [4.78, 5) is 12.8. The smallest absolute Gasteiger partial charge is 0.267 e. The lowest BCUT2D eigenvalue weighted by atomic mass is 10.2. The lowest BCUT2D eigenvalue weighted by molar-refractivity contribution is 0.103. The molecular weight excluding hydrogens is 497 g/mol. The number of hydrogen-bond acceptors (Lipinski definition) is 3. The number of anilines is 1. The number of benzene rings is 1. The highest BCUT2D eigenvalue weighted by Gasteiger charge is 2.15. The number of amides is 1. The van der Waals surface area contributed by atoms with E-state index in [0.717, 1.165) is 14.0 Å². The average molecular weight is 508 g/mol. The Morgan fingerprint density at radius 1 is 1.40 bits per heavy atom. The molecule has 0 saturated heterocycles. The van der Waals surface area contributed by atoms with E-state index in [1.807, 2.05) is 6.92 Å². The molecule has 0 aliphatic rings. The lowest BCUT2D eigenvalue weighted by Crippen LogP contribution is -2.11. The first-order valence-corrected chi connectivity index (χ1v) is 9.86. The van der Waals surface area contributed by atoms with Crippen LogP contribution in [0.25, 0.3) is 0 Å². The molecule has 0 aliphatic carbocycles. The molecule has 0 atom stereocenters. The number of nitrogens with zero attached hydrogens (tertiary/aromatic N) is 2. The number of rotatable bonds is 4. The summed E-state index contributed by atoms with van der Waals surface area (Å²) in [5, 5.41) is 7.41. The first kappa shape index (κ1) is 18.6. The molecular formula is C16H11Br2ClFN3OS. The van der Waals surface area contributed by atoms with Gasteiger partial charge in [0.15, 0.2) is 5.82 Å². The summed E-state index contributed by atoms with van der Waals surface area (Å²) in [5.41, 5.74) is 1.14. The molecule has 0 radical (unpaired) electrons. The van der Waals surface area contributed by atoms with E-state index >= 15 is 0 Å². The van der Waals surface area contributed by atoms with Crippen molar-refractivity contribution >= 4 is 66.5 Å². The molecule has 0 spiro atoms. The topological polar surface area (TPSA) is 46.9 Å². The summed E-state index contributed by atoms with van der Waals surface area (Å²) in [5.74, 6) is -0.248. The zero-order valence-corrected chi connectivity index (χ0v) is 17.6. The molecule has 0 unspecified atom stereocenters. The van der Waals surface area contributed by atoms with Crippen LogP contribution in [-0.2, 0) is 6.54 Å². The number of carbonyl (C=O) groups is 1. The van der Waals surface area contributed by atoms with Crippen molar-refractivity contribution < 1.29 is 9.18 Å². The van der Waals surface area contributed by atoms with Gasteiger partial charge >= 0.3 is 0 Å². The molecule has 2 aromatic heterocycles. The fourth-order valence-corrected chi connectivity index (χ4v) is 4.35. The van der Waals surface area contributed by atoms with Crippen LogP contribution in [0.15, 0.2) is 38.6 Å². The van der Waals surface area contributed by atoms with Crippen molar-refractivity contribution in [3.63, 3.8) is 0 Å². The Morgan fingerprint density at radius 2 is 2.16 bits per heavy atom. The van der Waals surface area contributed by atoms with Gasteiger partial charge in [-0.3, -0.25) is 9.48 Å². The van der Waals surface area contributed by atoms with Crippen molar-refractivity contribution in [3.05, 3.63) is 65.6 Å². The zero-order valence-electron chi connectivity index (χ0n) is 12.8. The van der Waals surface area contributed by atoms with Crippen LogP contribution in [0.4, 0.5) is 10.2 Å². The number of carbonyl (C=O) groups excluding carboxylic acids is 1. The fraction of sp³-hybridized carbons (Fsp3) is 0.125. The van der Waals surface area contributed by atoms with Gasteiger partial charge in [-0.05, 0) is 57.0 Å². The molecule has 0 bridgehead atoms. The SMILES string of the molecule is Cc1cc(NC(=O)c2cc(Br)c(Br)s2)nn1Cc1c(F)cccc1Cl.